The summed E-state index contributed by atoms with van der Waals surface area (Å²) in [5, 5.41) is 2.95. The molecule has 0 aromatic heterocycles. The van der Waals surface area contributed by atoms with Gasteiger partial charge in [-0.05, 0) is 91.3 Å². The van der Waals surface area contributed by atoms with E-state index in [0.717, 1.165) is 64.2 Å². The molecule has 1 amide bonds. The number of ether oxygens (including phenoxy) is 2. The molecule has 262 valence electrons. The number of nitrogens with zero attached hydrogens (tertiary/aromatic N) is 1. The molecule has 7 heteroatoms. The van der Waals surface area contributed by atoms with E-state index in [0.29, 0.717) is 37.5 Å². The van der Waals surface area contributed by atoms with Crippen molar-refractivity contribution in [1.29, 1.82) is 0 Å². The Balaban J connectivity index is 1.38. The van der Waals surface area contributed by atoms with Gasteiger partial charge in [-0.3, -0.25) is 14.4 Å². The molecule has 0 unspecified atom stereocenters. The first kappa shape index (κ1) is 35.2. The maximum atomic E-state index is 14.3. The second-order valence-corrected chi connectivity index (χ2v) is 15.7. The van der Waals surface area contributed by atoms with Crippen molar-refractivity contribution in [3.05, 3.63) is 112 Å². The molecule has 1 heterocycles. The molecule has 1 N–H and O–H groups in total. The molecule has 3 aliphatic rings. The number of amides is 1. The van der Waals surface area contributed by atoms with E-state index in [9.17, 15) is 14.4 Å². The van der Waals surface area contributed by atoms with Gasteiger partial charge in [0, 0.05) is 53.5 Å². The van der Waals surface area contributed by atoms with Gasteiger partial charge in [0.2, 0.25) is 0 Å². The predicted octanol–water partition coefficient (Wildman–Crippen LogP) is 8.65. The molecule has 0 saturated heterocycles. The number of nitrogens with one attached hydrogen (secondary N) is 1. The van der Waals surface area contributed by atoms with Crippen LogP contribution in [0.4, 0.5) is 5.69 Å². The lowest BCUT2D eigenvalue weighted by Crippen LogP contribution is -2.45. The molecule has 2 aliphatic carbocycles. The number of hydrogen-bond donors (Lipinski definition) is 1. The summed E-state index contributed by atoms with van der Waals surface area (Å²) >= 11 is 0. The number of carbonyl (C=O) groups excluding carboxylic acids is 3. The van der Waals surface area contributed by atoms with Crippen LogP contribution in [0.1, 0.15) is 88.5 Å². The van der Waals surface area contributed by atoms with Gasteiger partial charge in [0.05, 0.1) is 6.61 Å². The van der Waals surface area contributed by atoms with Gasteiger partial charge >= 0.3 is 0 Å². The number of ketones is 2. The van der Waals surface area contributed by atoms with Crippen molar-refractivity contribution in [2.75, 3.05) is 25.1 Å². The fourth-order valence-electron chi connectivity index (χ4n) is 7.83. The fourth-order valence-corrected chi connectivity index (χ4v) is 7.83. The van der Waals surface area contributed by atoms with Crippen molar-refractivity contribution < 1.29 is 23.9 Å². The van der Waals surface area contributed by atoms with Crippen LogP contribution in [-0.2, 0) is 20.8 Å². The van der Waals surface area contributed by atoms with Gasteiger partial charge in [-0.2, -0.15) is 0 Å². The highest BCUT2D eigenvalue weighted by molar-refractivity contribution is 6.07. The molecular formula is C43H50N2O5. The van der Waals surface area contributed by atoms with Crippen LogP contribution in [0.2, 0.25) is 0 Å². The Labute approximate surface area is 296 Å². The van der Waals surface area contributed by atoms with E-state index in [1.165, 1.54) is 5.56 Å². The minimum Gasteiger partial charge on any atom is -0.490 e. The van der Waals surface area contributed by atoms with E-state index in [-0.39, 0.29) is 34.9 Å². The Hall–Kier alpha value is -4.65. The number of hydrogen-bond acceptors (Lipinski definition) is 6. The van der Waals surface area contributed by atoms with Crippen molar-refractivity contribution in [1.82, 2.24) is 4.90 Å². The SMILES string of the molecule is CCOc1cc(C2C3=C(CC(C)(C)CC3=O)N(CCc3ccccc3)C3=C2C(=O)CC(C)(C)C3)ccc1OCC(=O)Nc1cc(C)ccc1C. The van der Waals surface area contributed by atoms with Crippen LogP contribution in [0.3, 0.4) is 0 Å². The number of rotatable bonds is 10. The average Bonchev–Trinajstić information content (AvgIpc) is 3.04. The van der Waals surface area contributed by atoms with E-state index in [2.05, 4.69) is 62.2 Å². The van der Waals surface area contributed by atoms with Gasteiger partial charge in [-0.15, -0.1) is 0 Å². The molecule has 0 atom stereocenters. The summed E-state index contributed by atoms with van der Waals surface area (Å²) in [7, 11) is 0. The van der Waals surface area contributed by atoms with Crippen LogP contribution in [0, 0.1) is 24.7 Å². The zero-order chi connectivity index (χ0) is 35.8. The highest BCUT2D eigenvalue weighted by atomic mass is 16.5. The smallest absolute Gasteiger partial charge is 0.262 e. The first-order valence-corrected chi connectivity index (χ1v) is 17.9. The standard InChI is InChI=1S/C43H50N2O5/c1-8-49-37-21-30(16-17-36(37)50-26-38(48)44-31-20-27(2)14-15-28(31)3)39-40-32(22-42(4,5)24-34(40)46)45(19-18-29-12-10-9-11-13-29)33-23-43(6,7)25-35(47)41(33)39/h9-17,20-21,39H,8,18-19,22-26H2,1-7H3,(H,44,48). The second-order valence-electron chi connectivity index (χ2n) is 15.7. The lowest BCUT2D eigenvalue weighted by atomic mass is 9.63. The monoisotopic (exact) mass is 674 g/mol. The van der Waals surface area contributed by atoms with Crippen molar-refractivity contribution in [3.63, 3.8) is 0 Å². The van der Waals surface area contributed by atoms with Crippen LogP contribution in [0.15, 0.2) is 89.3 Å². The Morgan fingerprint density at radius 1 is 0.800 bits per heavy atom. The number of anilines is 1. The van der Waals surface area contributed by atoms with Gasteiger partial charge in [0.25, 0.3) is 5.91 Å². The lowest BCUT2D eigenvalue weighted by Gasteiger charge is -2.49. The van der Waals surface area contributed by atoms with Crippen LogP contribution >= 0.6 is 0 Å². The number of benzene rings is 3. The molecule has 7 nitrogen and oxygen atoms in total. The van der Waals surface area contributed by atoms with Crippen LogP contribution in [0.25, 0.3) is 0 Å². The summed E-state index contributed by atoms with van der Waals surface area (Å²) in [5.74, 6) is 0.327. The summed E-state index contributed by atoms with van der Waals surface area (Å²) < 4.78 is 12.1. The first-order valence-electron chi connectivity index (χ1n) is 17.9. The summed E-state index contributed by atoms with van der Waals surface area (Å²) in [6, 6.07) is 22.0. The normalized spacial score (nSPS) is 18.5. The van der Waals surface area contributed by atoms with E-state index in [1.807, 2.05) is 63.2 Å². The number of Topliss-reactive ketones (excluding diaryl/α,β-unsaturated/α-hetero) is 2. The van der Waals surface area contributed by atoms with Crippen molar-refractivity contribution in [3.8, 4) is 11.5 Å². The minimum atomic E-state index is -0.499. The Bertz CT molecular complexity index is 1830. The van der Waals surface area contributed by atoms with Crippen molar-refractivity contribution in [2.45, 2.75) is 86.5 Å². The average molecular weight is 675 g/mol. The molecule has 3 aromatic rings. The summed E-state index contributed by atoms with van der Waals surface area (Å²) in [5.41, 5.74) is 7.95. The van der Waals surface area contributed by atoms with Gasteiger partial charge in [-0.25, -0.2) is 0 Å². The molecule has 0 radical (unpaired) electrons. The molecule has 0 saturated carbocycles. The van der Waals surface area contributed by atoms with Gasteiger partial charge in [0.1, 0.15) is 0 Å². The third-order valence-corrected chi connectivity index (χ3v) is 10.1. The maximum Gasteiger partial charge on any atom is 0.262 e. The summed E-state index contributed by atoms with van der Waals surface area (Å²) in [4.78, 5) is 43.8. The Morgan fingerprint density at radius 3 is 2.06 bits per heavy atom. The van der Waals surface area contributed by atoms with Crippen LogP contribution in [-0.4, -0.2) is 42.1 Å². The molecule has 3 aromatic carbocycles. The fraction of sp³-hybridized carbons (Fsp3) is 0.419. The largest absolute Gasteiger partial charge is 0.490 e. The van der Waals surface area contributed by atoms with E-state index in [1.54, 1.807) is 0 Å². The van der Waals surface area contributed by atoms with Crippen LogP contribution < -0.4 is 14.8 Å². The van der Waals surface area contributed by atoms with Gasteiger partial charge in [0.15, 0.2) is 29.7 Å². The van der Waals surface area contributed by atoms with Crippen molar-refractivity contribution >= 4 is 23.2 Å². The van der Waals surface area contributed by atoms with E-state index in [4.69, 9.17) is 9.47 Å². The van der Waals surface area contributed by atoms with Gasteiger partial charge < -0.3 is 19.7 Å². The molecule has 6 rings (SSSR count). The second kappa shape index (κ2) is 13.9. The highest BCUT2D eigenvalue weighted by Crippen LogP contribution is 2.55. The quantitative estimate of drug-likeness (QED) is 0.232. The highest BCUT2D eigenvalue weighted by Gasteiger charge is 2.49. The summed E-state index contributed by atoms with van der Waals surface area (Å²) in [6.07, 6.45) is 3.15. The molecule has 0 spiro atoms. The third-order valence-electron chi connectivity index (χ3n) is 10.1. The number of allylic oxidation sites excluding steroid dienone is 4. The lowest BCUT2D eigenvalue weighted by molar-refractivity contribution is -0.120. The Kier molecular flexibility index (Phi) is 9.80. The van der Waals surface area contributed by atoms with Gasteiger partial charge in [-0.1, -0.05) is 76.2 Å². The number of aryl methyl sites for hydroxylation is 2. The summed E-state index contributed by atoms with van der Waals surface area (Å²) in [6.45, 7) is 15.4. The topological polar surface area (TPSA) is 84.9 Å². The van der Waals surface area contributed by atoms with E-state index >= 15 is 0 Å². The van der Waals surface area contributed by atoms with E-state index < -0.39 is 5.92 Å². The molecular weight excluding hydrogens is 624 g/mol. The van der Waals surface area contributed by atoms with Crippen LogP contribution in [0.5, 0.6) is 11.5 Å². The maximum absolute atomic E-state index is 14.3. The molecule has 0 fully saturated rings. The zero-order valence-corrected chi connectivity index (χ0v) is 30.6. The zero-order valence-electron chi connectivity index (χ0n) is 30.6. The molecule has 50 heavy (non-hydrogen) atoms. The third kappa shape index (κ3) is 7.42. The first-order chi connectivity index (χ1) is 23.7. The van der Waals surface area contributed by atoms with Crippen molar-refractivity contribution in [2.24, 2.45) is 10.8 Å². The molecule has 1 aliphatic heterocycles. The molecule has 0 bridgehead atoms. The predicted molar refractivity (Wildman–Crippen MR) is 197 cm³/mol. The number of carbonyl (C=O) groups is 3. The minimum absolute atomic E-state index is 0.0940. The Morgan fingerprint density at radius 2 is 1.44 bits per heavy atom.